The van der Waals surface area contributed by atoms with Crippen LogP contribution < -0.4 is 15.5 Å². The van der Waals surface area contributed by atoms with Crippen molar-refractivity contribution >= 4 is 22.6 Å². The molecule has 0 saturated heterocycles. The zero-order chi connectivity index (χ0) is 20.5. The number of benzene rings is 1. The van der Waals surface area contributed by atoms with Gasteiger partial charge >= 0.3 is 0 Å². The first kappa shape index (κ1) is 18.4. The summed E-state index contributed by atoms with van der Waals surface area (Å²) < 4.78 is 8.97. The molecule has 4 aromatic rings. The van der Waals surface area contributed by atoms with Crippen molar-refractivity contribution in [1.29, 1.82) is 0 Å². The van der Waals surface area contributed by atoms with Gasteiger partial charge in [0.25, 0.3) is 5.91 Å². The van der Waals surface area contributed by atoms with Gasteiger partial charge in [0.15, 0.2) is 0 Å². The third-order valence-corrected chi connectivity index (χ3v) is 4.54. The normalized spacial score (nSPS) is 10.9. The Hall–Kier alpha value is -3.94. The van der Waals surface area contributed by atoms with E-state index < -0.39 is 5.91 Å². The fourth-order valence-electron chi connectivity index (χ4n) is 3.07. The summed E-state index contributed by atoms with van der Waals surface area (Å²) in [4.78, 5) is 29.5. The summed E-state index contributed by atoms with van der Waals surface area (Å²) in [7, 11) is 3.51. The second-order valence-corrected chi connectivity index (χ2v) is 6.74. The maximum Gasteiger partial charge on any atom is 0.261 e. The van der Waals surface area contributed by atoms with E-state index in [1.54, 1.807) is 35.5 Å². The second kappa shape index (κ2) is 7.23. The maximum atomic E-state index is 12.6. The fourth-order valence-corrected chi connectivity index (χ4v) is 3.07. The smallest absolute Gasteiger partial charge is 0.261 e. The second-order valence-electron chi connectivity index (χ2n) is 6.74. The van der Waals surface area contributed by atoms with E-state index in [0.717, 1.165) is 5.56 Å². The summed E-state index contributed by atoms with van der Waals surface area (Å²) >= 11 is 0. The van der Waals surface area contributed by atoms with Crippen LogP contribution in [0.5, 0.6) is 11.6 Å². The third kappa shape index (κ3) is 3.60. The van der Waals surface area contributed by atoms with Crippen molar-refractivity contribution in [2.75, 3.05) is 5.32 Å². The van der Waals surface area contributed by atoms with E-state index in [9.17, 15) is 9.59 Å². The zero-order valence-electron chi connectivity index (χ0n) is 16.2. The lowest BCUT2D eigenvalue weighted by atomic mass is 10.2. The van der Waals surface area contributed by atoms with Gasteiger partial charge in [-0.1, -0.05) is 17.7 Å². The quantitative estimate of drug-likeness (QED) is 0.579. The number of amides is 1. The highest BCUT2D eigenvalue weighted by Crippen LogP contribution is 2.21. The molecule has 0 aliphatic heterocycles. The molecule has 3 aromatic heterocycles. The van der Waals surface area contributed by atoms with E-state index in [1.807, 2.05) is 31.2 Å². The van der Waals surface area contributed by atoms with Crippen molar-refractivity contribution < 1.29 is 9.53 Å². The maximum absolute atomic E-state index is 12.6. The molecule has 0 fully saturated rings. The van der Waals surface area contributed by atoms with Crippen molar-refractivity contribution in [3.05, 3.63) is 76.3 Å². The van der Waals surface area contributed by atoms with Crippen LogP contribution in [0.2, 0.25) is 0 Å². The predicted octanol–water partition coefficient (Wildman–Crippen LogP) is 3.02. The van der Waals surface area contributed by atoms with Crippen LogP contribution in [0, 0.1) is 6.92 Å². The van der Waals surface area contributed by atoms with Gasteiger partial charge in [0.1, 0.15) is 17.0 Å². The number of aryl methyl sites for hydroxylation is 3. The van der Waals surface area contributed by atoms with Crippen LogP contribution in [0.25, 0.3) is 11.0 Å². The van der Waals surface area contributed by atoms with Crippen LogP contribution in [0.1, 0.15) is 15.9 Å². The Bertz CT molecular complexity index is 1250. The molecule has 1 amide bonds. The molecule has 0 radical (unpaired) electrons. The highest BCUT2D eigenvalue weighted by Gasteiger charge is 2.17. The first-order chi connectivity index (χ1) is 13.9. The zero-order valence-corrected chi connectivity index (χ0v) is 16.2. The molecule has 0 bridgehead atoms. The van der Waals surface area contributed by atoms with E-state index in [1.165, 1.54) is 18.6 Å². The molecule has 0 aliphatic rings. The number of carbonyl (C=O) groups is 1. The minimum absolute atomic E-state index is 0.0352. The van der Waals surface area contributed by atoms with Crippen LogP contribution in [0.3, 0.4) is 0 Å². The average molecular weight is 389 g/mol. The van der Waals surface area contributed by atoms with Gasteiger partial charge in [-0.2, -0.15) is 5.10 Å². The SMILES string of the molecule is Cc1ccc(Oc2ccc(NC(=O)c3cn(C)c4c(cnn4C)c3=O)cn2)cc1. The molecular formula is C21H19N5O3. The van der Waals surface area contributed by atoms with Crippen LogP contribution >= 0.6 is 0 Å². The Labute approximate surface area is 166 Å². The topological polar surface area (TPSA) is 91.0 Å². The molecule has 0 saturated carbocycles. The van der Waals surface area contributed by atoms with Gasteiger partial charge in [-0.15, -0.1) is 0 Å². The van der Waals surface area contributed by atoms with Gasteiger partial charge in [0, 0.05) is 26.4 Å². The molecular weight excluding hydrogens is 370 g/mol. The molecule has 0 aliphatic carbocycles. The van der Waals surface area contributed by atoms with Crippen molar-refractivity contribution in [3.8, 4) is 11.6 Å². The Balaban J connectivity index is 1.53. The number of aromatic nitrogens is 4. The van der Waals surface area contributed by atoms with Crippen LogP contribution in [0.4, 0.5) is 5.69 Å². The minimum Gasteiger partial charge on any atom is -0.439 e. The summed E-state index contributed by atoms with van der Waals surface area (Å²) in [5.41, 5.74) is 1.91. The molecule has 0 spiro atoms. The number of nitrogens with zero attached hydrogens (tertiary/aromatic N) is 4. The van der Waals surface area contributed by atoms with Crippen molar-refractivity contribution in [3.63, 3.8) is 0 Å². The van der Waals surface area contributed by atoms with E-state index >= 15 is 0 Å². The summed E-state index contributed by atoms with van der Waals surface area (Å²) in [6.45, 7) is 2.00. The Kier molecular flexibility index (Phi) is 4.59. The lowest BCUT2D eigenvalue weighted by molar-refractivity contribution is 0.102. The number of fused-ring (bicyclic) bond motifs is 1. The van der Waals surface area contributed by atoms with Gasteiger partial charge in [0.05, 0.1) is 23.5 Å². The molecule has 29 heavy (non-hydrogen) atoms. The summed E-state index contributed by atoms with van der Waals surface area (Å²) in [5.74, 6) is 0.568. The molecule has 1 N–H and O–H groups in total. The van der Waals surface area contributed by atoms with E-state index in [2.05, 4.69) is 15.4 Å². The number of nitrogens with one attached hydrogen (secondary N) is 1. The van der Waals surface area contributed by atoms with Crippen LogP contribution in [-0.4, -0.2) is 25.2 Å². The molecule has 1 aromatic carbocycles. The van der Waals surface area contributed by atoms with E-state index in [0.29, 0.717) is 28.4 Å². The number of hydrogen-bond donors (Lipinski definition) is 1. The Morgan fingerprint density at radius 2 is 1.83 bits per heavy atom. The first-order valence-electron chi connectivity index (χ1n) is 8.95. The summed E-state index contributed by atoms with van der Waals surface area (Å²) in [5, 5.41) is 7.18. The molecule has 3 heterocycles. The van der Waals surface area contributed by atoms with E-state index in [-0.39, 0.29) is 11.0 Å². The summed E-state index contributed by atoms with van der Waals surface area (Å²) in [6, 6.07) is 10.9. The third-order valence-electron chi connectivity index (χ3n) is 4.54. The van der Waals surface area contributed by atoms with Gasteiger partial charge in [-0.25, -0.2) is 4.98 Å². The average Bonchev–Trinajstić information content (AvgIpc) is 3.10. The number of hydrogen-bond acceptors (Lipinski definition) is 5. The molecule has 0 unspecified atom stereocenters. The molecule has 0 atom stereocenters. The number of carbonyl (C=O) groups excluding carboxylic acids is 1. The van der Waals surface area contributed by atoms with Gasteiger partial charge in [-0.05, 0) is 25.1 Å². The van der Waals surface area contributed by atoms with Gasteiger partial charge in [0.2, 0.25) is 11.3 Å². The number of rotatable bonds is 4. The lowest BCUT2D eigenvalue weighted by Crippen LogP contribution is -2.23. The molecule has 146 valence electrons. The number of anilines is 1. The Morgan fingerprint density at radius 3 is 2.52 bits per heavy atom. The molecule has 8 nitrogen and oxygen atoms in total. The highest BCUT2D eigenvalue weighted by molar-refractivity contribution is 6.05. The number of pyridine rings is 2. The predicted molar refractivity (Wildman–Crippen MR) is 109 cm³/mol. The minimum atomic E-state index is -0.509. The lowest BCUT2D eigenvalue weighted by Gasteiger charge is -2.09. The molecule has 8 heteroatoms. The summed E-state index contributed by atoms with van der Waals surface area (Å²) in [6.07, 6.45) is 4.45. The first-order valence-corrected chi connectivity index (χ1v) is 8.95. The van der Waals surface area contributed by atoms with Crippen molar-refractivity contribution in [2.24, 2.45) is 14.1 Å². The van der Waals surface area contributed by atoms with Crippen molar-refractivity contribution in [2.45, 2.75) is 6.92 Å². The van der Waals surface area contributed by atoms with Crippen molar-refractivity contribution in [1.82, 2.24) is 19.3 Å². The van der Waals surface area contributed by atoms with Gasteiger partial charge in [-0.3, -0.25) is 14.3 Å². The van der Waals surface area contributed by atoms with E-state index in [4.69, 9.17) is 4.74 Å². The fraction of sp³-hybridized carbons (Fsp3) is 0.143. The largest absolute Gasteiger partial charge is 0.439 e. The Morgan fingerprint density at radius 1 is 1.07 bits per heavy atom. The molecule has 4 rings (SSSR count). The highest BCUT2D eigenvalue weighted by atomic mass is 16.5. The van der Waals surface area contributed by atoms with Crippen LogP contribution in [0.15, 0.2) is 59.8 Å². The number of ether oxygens (including phenoxy) is 1. The van der Waals surface area contributed by atoms with Crippen LogP contribution in [-0.2, 0) is 14.1 Å². The van der Waals surface area contributed by atoms with Gasteiger partial charge < -0.3 is 14.6 Å². The standard InChI is InChI=1S/C21H19N5O3/c1-13-4-7-15(8-5-13)29-18-9-6-14(10-22-18)24-20(28)17-12-25(2)21-16(19(17)27)11-23-26(21)3/h4-12H,1-3H3,(H,24,28). The monoisotopic (exact) mass is 389 g/mol.